The molecule has 0 fully saturated rings. The summed E-state index contributed by atoms with van der Waals surface area (Å²) in [4.78, 5) is 21.7. The van der Waals surface area contributed by atoms with Crippen LogP contribution in [-0.4, -0.2) is 16.9 Å². The Kier molecular flexibility index (Phi) is 4.19. The number of nitro benzene ring substituents is 1. The monoisotopic (exact) mass is 251 g/mol. The van der Waals surface area contributed by atoms with Crippen molar-refractivity contribution in [3.63, 3.8) is 0 Å². The highest BCUT2D eigenvalue weighted by molar-refractivity contribution is 6.02. The van der Waals surface area contributed by atoms with Gasteiger partial charge in [0, 0.05) is 6.07 Å². The average molecular weight is 251 g/mol. The Bertz CT molecular complexity index is 500. The fourth-order valence-electron chi connectivity index (χ4n) is 1.44. The van der Waals surface area contributed by atoms with Gasteiger partial charge in [0.25, 0.3) is 5.69 Å². The van der Waals surface area contributed by atoms with Gasteiger partial charge < -0.3 is 11.1 Å². The number of rotatable bonds is 3. The summed E-state index contributed by atoms with van der Waals surface area (Å²) >= 11 is 0. The number of urea groups is 1. The van der Waals surface area contributed by atoms with E-state index >= 15 is 0 Å². The van der Waals surface area contributed by atoms with Gasteiger partial charge in [-0.25, -0.2) is 4.79 Å². The van der Waals surface area contributed by atoms with Crippen molar-refractivity contribution in [3.05, 3.63) is 33.9 Å². The number of nitro groups is 1. The molecule has 0 unspecified atom stereocenters. The first kappa shape index (κ1) is 13.4. The number of hydrogen-bond acceptors (Lipinski definition) is 4. The second-order valence-corrected chi connectivity index (χ2v) is 3.41. The zero-order chi connectivity index (χ0) is 13.7. The van der Waals surface area contributed by atoms with Gasteiger partial charge in [-0.3, -0.25) is 20.8 Å². The number of nitrogens with one attached hydrogen (secondary N) is 3. The molecule has 0 heterocycles. The van der Waals surface area contributed by atoms with Crippen LogP contribution in [0.5, 0.6) is 0 Å². The number of aryl methyl sites for hydroxylation is 1. The van der Waals surface area contributed by atoms with Crippen LogP contribution in [0.1, 0.15) is 12.5 Å². The standard InChI is InChI=1S/C10H13N5O3/c1-2-6-4-3-5-7(15(17)18)8(6)13-10(16)14-9(11)12/h3-5H,2H2,1H3,(H5,11,12,13,14,16). The Hall–Kier alpha value is -2.64. The molecule has 1 rings (SSSR count). The van der Waals surface area contributed by atoms with Crippen molar-refractivity contribution in [2.24, 2.45) is 5.73 Å². The first-order valence-electron chi connectivity index (χ1n) is 5.14. The van der Waals surface area contributed by atoms with Gasteiger partial charge in [0.05, 0.1) is 4.92 Å². The largest absolute Gasteiger partial charge is 0.370 e. The Morgan fingerprint density at radius 1 is 1.56 bits per heavy atom. The molecule has 0 aliphatic heterocycles. The van der Waals surface area contributed by atoms with Gasteiger partial charge in [-0.2, -0.15) is 0 Å². The first-order valence-corrected chi connectivity index (χ1v) is 5.14. The molecule has 0 bridgehead atoms. The van der Waals surface area contributed by atoms with Gasteiger partial charge in [-0.05, 0) is 12.0 Å². The van der Waals surface area contributed by atoms with E-state index in [-0.39, 0.29) is 11.4 Å². The maximum Gasteiger partial charge on any atom is 0.326 e. The lowest BCUT2D eigenvalue weighted by Crippen LogP contribution is -2.38. The van der Waals surface area contributed by atoms with E-state index in [0.29, 0.717) is 12.0 Å². The van der Waals surface area contributed by atoms with Crippen LogP contribution in [0.25, 0.3) is 0 Å². The van der Waals surface area contributed by atoms with Crippen LogP contribution in [-0.2, 0) is 6.42 Å². The Balaban J connectivity index is 3.08. The molecule has 0 spiro atoms. The van der Waals surface area contributed by atoms with Crippen LogP contribution in [0.2, 0.25) is 0 Å². The molecule has 0 atom stereocenters. The molecule has 2 amide bonds. The fraction of sp³-hybridized carbons (Fsp3) is 0.200. The maximum absolute atomic E-state index is 11.4. The minimum atomic E-state index is -0.786. The van der Waals surface area contributed by atoms with Crippen molar-refractivity contribution in [1.29, 1.82) is 5.41 Å². The molecular formula is C10H13N5O3. The third kappa shape index (κ3) is 3.17. The van der Waals surface area contributed by atoms with Crippen molar-refractivity contribution in [2.45, 2.75) is 13.3 Å². The van der Waals surface area contributed by atoms with Crippen molar-refractivity contribution in [1.82, 2.24) is 5.32 Å². The van der Waals surface area contributed by atoms with Crippen LogP contribution < -0.4 is 16.4 Å². The fourth-order valence-corrected chi connectivity index (χ4v) is 1.44. The third-order valence-electron chi connectivity index (χ3n) is 2.19. The molecule has 8 nitrogen and oxygen atoms in total. The maximum atomic E-state index is 11.4. The van der Waals surface area contributed by atoms with E-state index in [4.69, 9.17) is 11.1 Å². The second kappa shape index (κ2) is 5.62. The number of benzene rings is 1. The Morgan fingerprint density at radius 3 is 2.72 bits per heavy atom. The van der Waals surface area contributed by atoms with Gasteiger partial charge in [0.15, 0.2) is 5.96 Å². The van der Waals surface area contributed by atoms with E-state index < -0.39 is 16.9 Å². The van der Waals surface area contributed by atoms with Gasteiger partial charge in [0.2, 0.25) is 0 Å². The summed E-state index contributed by atoms with van der Waals surface area (Å²) in [6, 6.07) is 3.73. The number of para-hydroxylation sites is 1. The number of anilines is 1. The van der Waals surface area contributed by atoms with E-state index in [2.05, 4.69) is 5.32 Å². The van der Waals surface area contributed by atoms with E-state index in [1.165, 1.54) is 6.07 Å². The summed E-state index contributed by atoms with van der Waals surface area (Å²) < 4.78 is 0. The van der Waals surface area contributed by atoms with Crippen molar-refractivity contribution < 1.29 is 9.72 Å². The highest BCUT2D eigenvalue weighted by atomic mass is 16.6. The minimum Gasteiger partial charge on any atom is -0.370 e. The first-order chi connectivity index (χ1) is 8.45. The number of nitrogens with two attached hydrogens (primary N) is 1. The number of carbonyl (C=O) groups excluding carboxylic acids is 1. The normalized spacial score (nSPS) is 9.61. The van der Waals surface area contributed by atoms with Gasteiger partial charge in [-0.15, -0.1) is 0 Å². The molecule has 0 aliphatic rings. The Labute approximate surface area is 103 Å². The number of nitrogens with zero attached hydrogens (tertiary/aromatic N) is 1. The zero-order valence-electron chi connectivity index (χ0n) is 9.69. The molecule has 96 valence electrons. The van der Waals surface area contributed by atoms with E-state index in [1.54, 1.807) is 12.1 Å². The van der Waals surface area contributed by atoms with Crippen LogP contribution in [0, 0.1) is 15.5 Å². The van der Waals surface area contributed by atoms with Crippen LogP contribution in [0.4, 0.5) is 16.2 Å². The summed E-state index contributed by atoms with van der Waals surface area (Å²) in [5.74, 6) is -0.538. The molecule has 0 aromatic heterocycles. The number of hydrogen-bond donors (Lipinski definition) is 4. The summed E-state index contributed by atoms with van der Waals surface area (Å²) in [6.07, 6.45) is 0.525. The summed E-state index contributed by atoms with van der Waals surface area (Å²) in [6.45, 7) is 1.81. The number of guanidine groups is 1. The van der Waals surface area contributed by atoms with Crippen molar-refractivity contribution in [2.75, 3.05) is 5.32 Å². The van der Waals surface area contributed by atoms with Crippen LogP contribution >= 0.6 is 0 Å². The lowest BCUT2D eigenvalue weighted by molar-refractivity contribution is -0.384. The summed E-state index contributed by atoms with van der Waals surface area (Å²) in [7, 11) is 0. The van der Waals surface area contributed by atoms with E-state index in [1.807, 2.05) is 12.2 Å². The number of carbonyl (C=O) groups is 1. The van der Waals surface area contributed by atoms with Gasteiger partial charge >= 0.3 is 6.03 Å². The molecule has 0 saturated carbocycles. The molecule has 18 heavy (non-hydrogen) atoms. The zero-order valence-corrected chi connectivity index (χ0v) is 9.69. The van der Waals surface area contributed by atoms with Crippen molar-refractivity contribution in [3.8, 4) is 0 Å². The molecular weight excluding hydrogens is 238 g/mol. The molecule has 1 aromatic rings. The summed E-state index contributed by atoms with van der Waals surface area (Å²) in [5, 5.41) is 22.1. The smallest absolute Gasteiger partial charge is 0.326 e. The number of amides is 2. The van der Waals surface area contributed by atoms with E-state index in [9.17, 15) is 14.9 Å². The lowest BCUT2D eigenvalue weighted by atomic mass is 10.1. The lowest BCUT2D eigenvalue weighted by Gasteiger charge is -2.10. The second-order valence-electron chi connectivity index (χ2n) is 3.41. The average Bonchev–Trinajstić information content (AvgIpc) is 2.27. The topological polar surface area (TPSA) is 134 Å². The summed E-state index contributed by atoms with van der Waals surface area (Å²) in [5.41, 5.74) is 5.53. The van der Waals surface area contributed by atoms with E-state index in [0.717, 1.165) is 0 Å². The molecule has 0 radical (unpaired) electrons. The molecule has 0 aliphatic carbocycles. The van der Waals surface area contributed by atoms with Crippen LogP contribution in [0.15, 0.2) is 18.2 Å². The minimum absolute atomic E-state index is 0.115. The Morgan fingerprint density at radius 2 is 2.22 bits per heavy atom. The molecule has 8 heteroatoms. The third-order valence-corrected chi connectivity index (χ3v) is 2.19. The van der Waals surface area contributed by atoms with Gasteiger partial charge in [0.1, 0.15) is 5.69 Å². The molecule has 0 saturated heterocycles. The van der Waals surface area contributed by atoms with Gasteiger partial charge in [-0.1, -0.05) is 19.1 Å². The molecule has 1 aromatic carbocycles. The predicted molar refractivity (Wildman–Crippen MR) is 66.5 cm³/mol. The van der Waals surface area contributed by atoms with Crippen molar-refractivity contribution >= 4 is 23.4 Å². The molecule has 5 N–H and O–H groups in total. The predicted octanol–water partition coefficient (Wildman–Crippen LogP) is 1.17. The van der Waals surface area contributed by atoms with Crippen LogP contribution in [0.3, 0.4) is 0 Å². The highest BCUT2D eigenvalue weighted by Gasteiger charge is 2.18. The SMILES string of the molecule is CCc1cccc([N+](=O)[O-])c1NC(=O)NC(=N)N. The highest BCUT2D eigenvalue weighted by Crippen LogP contribution is 2.28. The quantitative estimate of drug-likeness (QED) is 0.277.